The number of rotatable bonds is 2. The summed E-state index contributed by atoms with van der Waals surface area (Å²) >= 11 is 0. The number of carboxylic acids is 1. The molecule has 1 heterocycles. The molecule has 2 rings (SSSR count). The van der Waals surface area contributed by atoms with Gasteiger partial charge in [0.15, 0.2) is 0 Å². The normalized spacial score (nSPS) is 24.9. The Kier molecular flexibility index (Phi) is 3.38. The van der Waals surface area contributed by atoms with Gasteiger partial charge in [-0.3, -0.25) is 14.5 Å². The molecule has 5 nitrogen and oxygen atoms in total. The zero-order valence-corrected chi connectivity index (χ0v) is 10.3. The van der Waals surface area contributed by atoms with Crippen LogP contribution in [0.25, 0.3) is 0 Å². The molecule has 0 spiro atoms. The highest BCUT2D eigenvalue weighted by atomic mass is 16.4. The highest BCUT2D eigenvalue weighted by Crippen LogP contribution is 2.36. The molecule has 0 unspecified atom stereocenters. The van der Waals surface area contributed by atoms with Crippen LogP contribution in [0.5, 0.6) is 0 Å². The molecule has 0 aromatic rings. The standard InChI is InChI=1S/C12H20N2O3/c1-10(15)13-6-8-14(9-7-13)12(11(16)17)4-2-3-5-12/h2-9H2,1H3,(H,16,17). The first-order valence-corrected chi connectivity index (χ1v) is 6.30. The third-order valence-electron chi connectivity index (χ3n) is 4.16. The Morgan fingerprint density at radius 2 is 1.59 bits per heavy atom. The summed E-state index contributed by atoms with van der Waals surface area (Å²) < 4.78 is 0. The van der Waals surface area contributed by atoms with Gasteiger partial charge in [-0.25, -0.2) is 0 Å². The van der Waals surface area contributed by atoms with Crippen LogP contribution in [-0.2, 0) is 9.59 Å². The Bertz CT molecular complexity index is 316. The zero-order valence-electron chi connectivity index (χ0n) is 10.3. The number of hydrogen-bond acceptors (Lipinski definition) is 3. The van der Waals surface area contributed by atoms with Gasteiger partial charge in [0.05, 0.1) is 0 Å². The van der Waals surface area contributed by atoms with Crippen LogP contribution in [0, 0.1) is 0 Å². The molecular formula is C12H20N2O3. The predicted octanol–water partition coefficient (Wildman–Crippen LogP) is 0.548. The summed E-state index contributed by atoms with van der Waals surface area (Å²) in [7, 11) is 0. The number of carbonyl (C=O) groups excluding carboxylic acids is 1. The molecule has 0 aromatic heterocycles. The highest BCUT2D eigenvalue weighted by molar-refractivity contribution is 5.79. The van der Waals surface area contributed by atoms with Crippen LogP contribution >= 0.6 is 0 Å². The molecule has 96 valence electrons. The van der Waals surface area contributed by atoms with E-state index in [1.54, 1.807) is 11.8 Å². The maximum Gasteiger partial charge on any atom is 0.324 e. The number of nitrogens with zero attached hydrogens (tertiary/aromatic N) is 2. The molecule has 0 bridgehead atoms. The molecule has 1 aliphatic carbocycles. The van der Waals surface area contributed by atoms with Crippen molar-refractivity contribution in [2.75, 3.05) is 26.2 Å². The van der Waals surface area contributed by atoms with E-state index < -0.39 is 11.5 Å². The average Bonchev–Trinajstić information content (AvgIpc) is 2.79. The van der Waals surface area contributed by atoms with Crippen molar-refractivity contribution in [3.05, 3.63) is 0 Å². The maximum atomic E-state index is 11.5. The van der Waals surface area contributed by atoms with Gasteiger partial charge in [-0.1, -0.05) is 12.8 Å². The van der Waals surface area contributed by atoms with Gasteiger partial charge >= 0.3 is 5.97 Å². The Labute approximate surface area is 101 Å². The highest BCUT2D eigenvalue weighted by Gasteiger charge is 2.47. The summed E-state index contributed by atoms with van der Waals surface area (Å²) in [4.78, 5) is 26.6. The van der Waals surface area contributed by atoms with Crippen molar-refractivity contribution >= 4 is 11.9 Å². The third kappa shape index (κ3) is 2.16. The van der Waals surface area contributed by atoms with Crippen molar-refractivity contribution < 1.29 is 14.7 Å². The Morgan fingerprint density at radius 1 is 1.06 bits per heavy atom. The van der Waals surface area contributed by atoms with Crippen molar-refractivity contribution in [2.45, 2.75) is 38.1 Å². The monoisotopic (exact) mass is 240 g/mol. The average molecular weight is 240 g/mol. The number of carbonyl (C=O) groups is 2. The molecule has 0 radical (unpaired) electrons. The van der Waals surface area contributed by atoms with Crippen molar-refractivity contribution in [3.8, 4) is 0 Å². The second-order valence-corrected chi connectivity index (χ2v) is 5.04. The number of hydrogen-bond donors (Lipinski definition) is 1. The van der Waals surface area contributed by atoms with E-state index in [4.69, 9.17) is 0 Å². The number of piperazine rings is 1. The van der Waals surface area contributed by atoms with Crippen LogP contribution in [0.3, 0.4) is 0 Å². The SMILES string of the molecule is CC(=O)N1CCN(C2(C(=O)O)CCCC2)CC1. The van der Waals surface area contributed by atoms with E-state index in [1.165, 1.54) is 0 Å². The van der Waals surface area contributed by atoms with E-state index in [0.29, 0.717) is 26.2 Å². The molecule has 1 N–H and O–H groups in total. The van der Waals surface area contributed by atoms with Crippen LogP contribution in [-0.4, -0.2) is 58.5 Å². The zero-order chi connectivity index (χ0) is 12.5. The molecule has 1 saturated carbocycles. The largest absolute Gasteiger partial charge is 0.480 e. The summed E-state index contributed by atoms with van der Waals surface area (Å²) in [5, 5.41) is 9.47. The molecule has 2 aliphatic rings. The molecule has 5 heteroatoms. The number of carboxylic acid groups (broad SMARTS) is 1. The van der Waals surface area contributed by atoms with Crippen LogP contribution in [0.15, 0.2) is 0 Å². The third-order valence-corrected chi connectivity index (χ3v) is 4.16. The molecule has 0 aromatic carbocycles. The van der Waals surface area contributed by atoms with Gasteiger partial charge in [-0.2, -0.15) is 0 Å². The Balaban J connectivity index is 2.03. The lowest BCUT2D eigenvalue weighted by Crippen LogP contribution is -2.60. The van der Waals surface area contributed by atoms with Gasteiger partial charge in [0.2, 0.25) is 5.91 Å². The summed E-state index contributed by atoms with van der Waals surface area (Å²) in [6.07, 6.45) is 3.50. The van der Waals surface area contributed by atoms with Crippen LogP contribution < -0.4 is 0 Å². The molecule has 0 atom stereocenters. The number of aliphatic carboxylic acids is 1. The van der Waals surface area contributed by atoms with Gasteiger partial charge in [0.1, 0.15) is 5.54 Å². The molecule has 1 saturated heterocycles. The lowest BCUT2D eigenvalue weighted by molar-refractivity contribution is -0.153. The van der Waals surface area contributed by atoms with E-state index in [2.05, 4.69) is 4.90 Å². The summed E-state index contributed by atoms with van der Waals surface area (Å²) in [6.45, 7) is 4.25. The fourth-order valence-corrected chi connectivity index (χ4v) is 3.07. The van der Waals surface area contributed by atoms with Crippen LogP contribution in [0.4, 0.5) is 0 Å². The van der Waals surface area contributed by atoms with E-state index >= 15 is 0 Å². The van der Waals surface area contributed by atoms with Crippen molar-refractivity contribution in [3.63, 3.8) is 0 Å². The van der Waals surface area contributed by atoms with Crippen molar-refractivity contribution in [1.82, 2.24) is 9.80 Å². The van der Waals surface area contributed by atoms with Crippen LogP contribution in [0.1, 0.15) is 32.6 Å². The minimum Gasteiger partial charge on any atom is -0.480 e. The molecule has 1 amide bonds. The Morgan fingerprint density at radius 3 is 2.00 bits per heavy atom. The summed E-state index contributed by atoms with van der Waals surface area (Å²) in [5.74, 6) is -0.605. The van der Waals surface area contributed by atoms with Crippen LogP contribution in [0.2, 0.25) is 0 Å². The summed E-state index contributed by atoms with van der Waals surface area (Å²) in [5.41, 5.74) is -0.650. The van der Waals surface area contributed by atoms with Gasteiger partial charge in [0, 0.05) is 33.1 Å². The lowest BCUT2D eigenvalue weighted by Gasteiger charge is -2.43. The minimum atomic E-state index is -0.689. The first-order chi connectivity index (χ1) is 8.06. The smallest absolute Gasteiger partial charge is 0.324 e. The molecule has 1 aliphatic heterocycles. The number of amides is 1. The lowest BCUT2D eigenvalue weighted by atomic mass is 9.94. The van der Waals surface area contributed by atoms with Gasteiger partial charge in [-0.05, 0) is 12.8 Å². The summed E-state index contributed by atoms with van der Waals surface area (Å²) in [6, 6.07) is 0. The van der Waals surface area contributed by atoms with E-state index in [-0.39, 0.29) is 5.91 Å². The quantitative estimate of drug-likeness (QED) is 0.765. The molecule has 2 fully saturated rings. The fourth-order valence-electron chi connectivity index (χ4n) is 3.07. The van der Waals surface area contributed by atoms with E-state index in [9.17, 15) is 14.7 Å². The second-order valence-electron chi connectivity index (χ2n) is 5.04. The topological polar surface area (TPSA) is 60.9 Å². The first-order valence-electron chi connectivity index (χ1n) is 6.30. The predicted molar refractivity (Wildman–Crippen MR) is 62.7 cm³/mol. The Hall–Kier alpha value is -1.10. The van der Waals surface area contributed by atoms with Gasteiger partial charge in [0.25, 0.3) is 0 Å². The van der Waals surface area contributed by atoms with Crippen molar-refractivity contribution in [2.24, 2.45) is 0 Å². The first kappa shape index (κ1) is 12.4. The van der Waals surface area contributed by atoms with Gasteiger partial charge in [-0.15, -0.1) is 0 Å². The minimum absolute atomic E-state index is 0.0837. The van der Waals surface area contributed by atoms with E-state index in [0.717, 1.165) is 25.7 Å². The molecular weight excluding hydrogens is 220 g/mol. The van der Waals surface area contributed by atoms with E-state index in [1.807, 2.05) is 0 Å². The molecule has 17 heavy (non-hydrogen) atoms. The fraction of sp³-hybridized carbons (Fsp3) is 0.833. The van der Waals surface area contributed by atoms with Gasteiger partial charge < -0.3 is 10.0 Å². The second kappa shape index (κ2) is 4.64. The van der Waals surface area contributed by atoms with Crippen molar-refractivity contribution in [1.29, 1.82) is 0 Å². The maximum absolute atomic E-state index is 11.5.